The lowest BCUT2D eigenvalue weighted by Crippen LogP contribution is -2.16. The van der Waals surface area contributed by atoms with E-state index in [0.29, 0.717) is 17.5 Å². The summed E-state index contributed by atoms with van der Waals surface area (Å²) in [7, 11) is 0. The largest absolute Gasteiger partial charge is 0.248 e. The average Bonchev–Trinajstić information content (AvgIpc) is 0.802. The number of rotatable bonds is 13. The van der Waals surface area contributed by atoms with Gasteiger partial charge in [0, 0.05) is 77.7 Å². The summed E-state index contributed by atoms with van der Waals surface area (Å²) in [6.07, 6.45) is 0. The third-order valence-corrected chi connectivity index (χ3v) is 21.8. The minimum Gasteiger partial charge on any atom is -0.248 e. The molecular weight excluding hydrogens is 1560 g/mol. The molecule has 10 heteroatoms. The van der Waals surface area contributed by atoms with Crippen LogP contribution in [-0.4, -0.2) is 49.8 Å². The molecule has 0 N–H and O–H groups in total. The van der Waals surface area contributed by atoms with Gasteiger partial charge in [0.15, 0.2) is 29.1 Å². The molecule has 0 spiro atoms. The monoisotopic (exact) mass is 1670 g/mol. The van der Waals surface area contributed by atoms with Gasteiger partial charge in [-0.15, -0.1) is 0 Å². The molecule has 10 nitrogen and oxygen atoms in total. The Hall–Kier alpha value is -14.7. The van der Waals surface area contributed by atoms with Crippen LogP contribution in [0.5, 0.6) is 0 Å². The summed E-state index contributed by atoms with van der Waals surface area (Å²) in [5.41, 5.74) is 27.2. The Kier molecular flexibility index (Phi) is 28.3. The van der Waals surface area contributed by atoms with Crippen molar-refractivity contribution in [3.8, 4) is 147 Å². The fraction of sp³-hybridized carbons (Fsp3) is 0.169. The maximum absolute atomic E-state index is 4.91. The zero-order valence-electron chi connectivity index (χ0n) is 76.2. The summed E-state index contributed by atoms with van der Waals surface area (Å²) in [6.45, 7) is 33.2. The molecule has 0 amide bonds. The summed E-state index contributed by atoms with van der Waals surface area (Å²) < 4.78 is 0. The van der Waals surface area contributed by atoms with Gasteiger partial charge >= 0.3 is 0 Å². The second-order valence-electron chi connectivity index (χ2n) is 37.0. The van der Waals surface area contributed by atoms with Crippen molar-refractivity contribution < 1.29 is 0 Å². The van der Waals surface area contributed by atoms with Gasteiger partial charge in [0.2, 0.25) is 0 Å². The second kappa shape index (κ2) is 40.5. The molecule has 0 bridgehead atoms. The molecule has 0 saturated carbocycles. The van der Waals surface area contributed by atoms with Gasteiger partial charge in [-0.05, 0) is 86.4 Å². The lowest BCUT2D eigenvalue weighted by atomic mass is 9.85. The number of benzene rings is 13. The maximum Gasteiger partial charge on any atom is 0.164 e. The molecule has 5 aromatic heterocycles. The summed E-state index contributed by atoms with van der Waals surface area (Å²) in [5, 5.41) is 0. The first-order valence-corrected chi connectivity index (χ1v) is 43.9. The highest BCUT2D eigenvalue weighted by atomic mass is 15.0. The van der Waals surface area contributed by atoms with Gasteiger partial charge in [0.1, 0.15) is 5.82 Å². The first-order valence-electron chi connectivity index (χ1n) is 43.9. The van der Waals surface area contributed by atoms with E-state index in [2.05, 4.69) is 328 Å². The molecule has 13 aromatic carbocycles. The van der Waals surface area contributed by atoms with Crippen LogP contribution in [0.2, 0.25) is 0 Å². The van der Waals surface area contributed by atoms with Crippen LogP contribution in [0.4, 0.5) is 0 Å². The zero-order valence-corrected chi connectivity index (χ0v) is 76.2. The van der Waals surface area contributed by atoms with Crippen molar-refractivity contribution in [2.75, 3.05) is 0 Å². The molecule has 128 heavy (non-hydrogen) atoms. The lowest BCUT2D eigenvalue weighted by Gasteiger charge is -2.21. The number of nitrogens with zero attached hydrogens (tertiary/aromatic N) is 10. The third kappa shape index (κ3) is 24.0. The van der Waals surface area contributed by atoms with Gasteiger partial charge in [-0.2, -0.15) is 0 Å². The molecule has 0 atom stereocenters. The molecule has 634 valence electrons. The molecule has 18 aromatic rings. The Morgan fingerprint density at radius 1 is 0.125 bits per heavy atom. The van der Waals surface area contributed by atoms with E-state index >= 15 is 0 Å². The topological polar surface area (TPSA) is 129 Å². The van der Waals surface area contributed by atoms with Crippen LogP contribution in [0.1, 0.15) is 132 Å². The molecular formula is C118H112N10. The number of hydrogen-bond donors (Lipinski definition) is 0. The fourth-order valence-electron chi connectivity index (χ4n) is 14.3. The Balaban J connectivity index is 0.000000130. The lowest BCUT2D eigenvalue weighted by molar-refractivity contribution is 0.547. The molecule has 0 unspecified atom stereocenters. The van der Waals surface area contributed by atoms with Gasteiger partial charge in [-0.25, -0.2) is 49.8 Å². The summed E-state index contributed by atoms with van der Waals surface area (Å²) in [6, 6.07) is 139. The van der Waals surface area contributed by atoms with E-state index in [1.54, 1.807) is 0 Å². The second-order valence-corrected chi connectivity index (χ2v) is 37.0. The molecule has 0 radical (unpaired) electrons. The van der Waals surface area contributed by atoms with Crippen LogP contribution in [0.25, 0.3) is 147 Å². The van der Waals surface area contributed by atoms with E-state index in [-0.39, 0.29) is 27.1 Å². The van der Waals surface area contributed by atoms with Crippen LogP contribution >= 0.6 is 0 Å². The van der Waals surface area contributed by atoms with Crippen LogP contribution in [0.15, 0.2) is 406 Å². The standard InChI is InChI=1S/2C26H24N2.C25H23N3.C21H21N.C20H20N2/c1-26(2,3)22-16-10-15-21(17-22)24-18-23(19-11-6-4-7-12-19)27-25(28-24)20-13-8-5-9-14-20;1-26(2,3)22-16-10-15-21(17-22)25-27-23(19-11-6-4-7-12-19)18-24(28-25)20-13-8-5-9-14-20;1-25(2,3)21-16-14-20(15-17-21)24-27-22(18-10-6-4-7-11-18)26-23(28-24)19-12-8-5-9-13-19;1-21(2,3)18-14-19(16-10-6-4-7-11-16)22-20(15-18)17-12-8-5-9-13-17;1-20(2,3)19-21-17(15-10-6-4-7-11-15)14-18(22-19)16-12-8-5-9-13-16/h2*4-18H,1-3H3;4-17H,1-3H3;4-15H,1-3H3;4-14H,1-3H3. The molecule has 0 fully saturated rings. The van der Waals surface area contributed by atoms with Crippen molar-refractivity contribution in [3.63, 3.8) is 0 Å². The predicted molar refractivity (Wildman–Crippen MR) is 534 cm³/mol. The van der Waals surface area contributed by atoms with E-state index in [9.17, 15) is 0 Å². The Morgan fingerprint density at radius 2 is 0.328 bits per heavy atom. The first kappa shape index (κ1) is 89.5. The highest BCUT2D eigenvalue weighted by Crippen LogP contribution is 2.37. The van der Waals surface area contributed by atoms with Crippen molar-refractivity contribution in [3.05, 3.63) is 435 Å². The molecule has 0 aliphatic rings. The predicted octanol–water partition coefficient (Wildman–Crippen LogP) is 30.5. The molecule has 0 aliphatic carbocycles. The van der Waals surface area contributed by atoms with Crippen molar-refractivity contribution in [2.24, 2.45) is 0 Å². The van der Waals surface area contributed by atoms with Gasteiger partial charge in [0.05, 0.1) is 45.6 Å². The van der Waals surface area contributed by atoms with E-state index in [1.165, 1.54) is 22.3 Å². The molecule has 5 heterocycles. The Morgan fingerprint density at radius 3 is 0.594 bits per heavy atom. The quantitative estimate of drug-likeness (QED) is 0.110. The number of hydrogen-bond acceptors (Lipinski definition) is 10. The first-order chi connectivity index (χ1) is 61.6. The van der Waals surface area contributed by atoms with Crippen LogP contribution in [-0.2, 0) is 27.1 Å². The smallest absolute Gasteiger partial charge is 0.164 e. The zero-order chi connectivity index (χ0) is 89.8. The minimum atomic E-state index is -0.0890. The van der Waals surface area contributed by atoms with E-state index in [0.717, 1.165) is 135 Å². The van der Waals surface area contributed by atoms with Crippen molar-refractivity contribution >= 4 is 0 Å². The van der Waals surface area contributed by atoms with Crippen molar-refractivity contribution in [1.29, 1.82) is 0 Å². The summed E-state index contributed by atoms with van der Waals surface area (Å²) in [5.74, 6) is 4.43. The Bertz CT molecular complexity index is 6000. The van der Waals surface area contributed by atoms with E-state index in [1.807, 2.05) is 182 Å². The van der Waals surface area contributed by atoms with Crippen molar-refractivity contribution in [1.82, 2.24) is 49.8 Å². The summed E-state index contributed by atoms with van der Waals surface area (Å²) in [4.78, 5) is 48.3. The van der Waals surface area contributed by atoms with E-state index < -0.39 is 0 Å². The SMILES string of the molecule is CC(C)(C)c1cc(-c2ccccc2)nc(-c2ccccc2)c1.CC(C)(C)c1ccc(-c2nc(-c3ccccc3)nc(-c3ccccc3)n2)cc1.CC(C)(C)c1cccc(-c2cc(-c3ccccc3)nc(-c3ccccc3)n2)c1.CC(C)(C)c1cccc(-c2nc(-c3ccccc3)cc(-c3ccccc3)n2)c1.CC(C)(C)c1nc(-c2ccccc2)cc(-c2ccccc2)n1. The van der Waals surface area contributed by atoms with Crippen LogP contribution in [0, 0.1) is 0 Å². The minimum absolute atomic E-state index is 0.0787. The summed E-state index contributed by atoms with van der Waals surface area (Å²) >= 11 is 0. The van der Waals surface area contributed by atoms with Crippen LogP contribution < -0.4 is 0 Å². The van der Waals surface area contributed by atoms with Crippen LogP contribution in [0.3, 0.4) is 0 Å². The molecule has 0 aliphatic heterocycles. The van der Waals surface area contributed by atoms with E-state index in [4.69, 9.17) is 49.8 Å². The van der Waals surface area contributed by atoms with Gasteiger partial charge in [-0.1, -0.05) is 468 Å². The normalized spacial score (nSPS) is 11.4. The number of pyridine rings is 1. The fourth-order valence-corrected chi connectivity index (χ4v) is 14.3. The highest BCUT2D eigenvalue weighted by molar-refractivity contribution is 5.76. The number of aromatic nitrogens is 10. The third-order valence-electron chi connectivity index (χ3n) is 21.8. The Labute approximate surface area is 757 Å². The average molecular weight is 1670 g/mol. The molecule has 18 rings (SSSR count). The van der Waals surface area contributed by atoms with Gasteiger partial charge in [0.25, 0.3) is 0 Å². The van der Waals surface area contributed by atoms with Crippen molar-refractivity contribution in [2.45, 2.75) is 131 Å². The van der Waals surface area contributed by atoms with Gasteiger partial charge in [-0.3, -0.25) is 0 Å². The maximum atomic E-state index is 4.91. The highest BCUT2D eigenvalue weighted by Gasteiger charge is 2.24. The molecule has 0 saturated heterocycles. The van der Waals surface area contributed by atoms with Gasteiger partial charge < -0.3 is 0 Å².